The average molecular weight is 224 g/mol. The van der Waals surface area contributed by atoms with Crippen molar-refractivity contribution in [3.63, 3.8) is 0 Å². The number of hydrogen-bond donors (Lipinski definition) is 0. The quantitative estimate of drug-likeness (QED) is 0.563. The maximum atomic E-state index is 11.1. The number of nitrogens with zero attached hydrogens (tertiary/aromatic N) is 2. The minimum absolute atomic E-state index is 0.451. The first kappa shape index (κ1) is 14.1. The summed E-state index contributed by atoms with van der Waals surface area (Å²) in [5, 5.41) is 0. The minimum atomic E-state index is -2.28. The van der Waals surface area contributed by atoms with Gasteiger partial charge < -0.3 is 18.8 Å². The van der Waals surface area contributed by atoms with Gasteiger partial charge in [0, 0.05) is 13.1 Å². The first-order valence-corrected chi connectivity index (χ1v) is 5.84. The topological polar surface area (TPSA) is 42.0 Å². The fourth-order valence-corrected chi connectivity index (χ4v) is 1.26. The van der Waals surface area contributed by atoms with Gasteiger partial charge in [0.15, 0.2) is 0 Å². The molecule has 0 N–H and O–H groups in total. The van der Waals surface area contributed by atoms with E-state index in [0.29, 0.717) is 13.2 Å². The fraction of sp³-hybridized carbons (Fsp3) is 1.00. The summed E-state index contributed by atoms with van der Waals surface area (Å²) in [6, 6.07) is 0. The molecule has 86 valence electrons. The Morgan fingerprint density at radius 1 is 0.929 bits per heavy atom. The van der Waals surface area contributed by atoms with E-state index in [4.69, 9.17) is 9.05 Å². The molecule has 6 heteroatoms. The van der Waals surface area contributed by atoms with E-state index in [1.807, 2.05) is 38.0 Å². The van der Waals surface area contributed by atoms with Gasteiger partial charge in [0.05, 0.1) is 13.2 Å². The molecule has 0 saturated carbocycles. The molecule has 0 spiro atoms. The predicted octanol–water partition coefficient (Wildman–Crippen LogP) is 0.532. The van der Waals surface area contributed by atoms with Crippen LogP contribution in [-0.2, 0) is 13.6 Å². The van der Waals surface area contributed by atoms with E-state index in [1.165, 1.54) is 0 Å². The van der Waals surface area contributed by atoms with Crippen LogP contribution in [0.2, 0.25) is 0 Å². The monoisotopic (exact) mass is 224 g/mol. The molecule has 0 aliphatic carbocycles. The van der Waals surface area contributed by atoms with Crippen LogP contribution >= 0.6 is 8.25 Å². The van der Waals surface area contributed by atoms with Gasteiger partial charge in [-0.15, -0.1) is 0 Å². The van der Waals surface area contributed by atoms with E-state index in [-0.39, 0.29) is 0 Å². The Morgan fingerprint density at radius 3 is 1.57 bits per heavy atom. The Labute approximate surface area is 86.9 Å². The molecule has 0 radical (unpaired) electrons. The summed E-state index contributed by atoms with van der Waals surface area (Å²) in [4.78, 5) is 3.93. The SMILES string of the molecule is CN(C)CCO[PH](=O)OCCN(C)C. The van der Waals surface area contributed by atoms with Crippen molar-refractivity contribution in [2.24, 2.45) is 0 Å². The van der Waals surface area contributed by atoms with Gasteiger partial charge in [-0.05, 0) is 28.2 Å². The lowest BCUT2D eigenvalue weighted by molar-refractivity contribution is 0.195. The summed E-state index contributed by atoms with van der Waals surface area (Å²) in [7, 11) is 5.47. The van der Waals surface area contributed by atoms with Crippen molar-refractivity contribution in [3.05, 3.63) is 0 Å². The normalized spacial score (nSPS) is 11.9. The van der Waals surface area contributed by atoms with Gasteiger partial charge in [-0.3, -0.25) is 4.57 Å². The third-order valence-electron chi connectivity index (χ3n) is 1.52. The van der Waals surface area contributed by atoms with E-state index >= 15 is 0 Å². The summed E-state index contributed by atoms with van der Waals surface area (Å²) in [5.41, 5.74) is 0. The highest BCUT2D eigenvalue weighted by Gasteiger charge is 2.00. The molecule has 0 aromatic carbocycles. The molecule has 0 aliphatic heterocycles. The zero-order valence-corrected chi connectivity index (χ0v) is 10.4. The van der Waals surface area contributed by atoms with Crippen molar-refractivity contribution in [3.8, 4) is 0 Å². The smallest absolute Gasteiger partial charge is 0.309 e. The van der Waals surface area contributed by atoms with E-state index in [9.17, 15) is 4.57 Å². The van der Waals surface area contributed by atoms with Gasteiger partial charge in [0.25, 0.3) is 0 Å². The molecule has 0 bridgehead atoms. The lowest BCUT2D eigenvalue weighted by Gasteiger charge is -2.11. The second kappa shape index (κ2) is 8.38. The highest BCUT2D eigenvalue weighted by atomic mass is 31.1. The van der Waals surface area contributed by atoms with Gasteiger partial charge in [-0.1, -0.05) is 0 Å². The zero-order chi connectivity index (χ0) is 11.0. The van der Waals surface area contributed by atoms with Crippen LogP contribution < -0.4 is 0 Å². The lowest BCUT2D eigenvalue weighted by atomic mass is 10.6. The third-order valence-corrected chi connectivity index (χ3v) is 2.40. The molecule has 0 amide bonds. The largest absolute Gasteiger partial charge is 0.319 e. The zero-order valence-electron chi connectivity index (χ0n) is 9.45. The van der Waals surface area contributed by atoms with Crippen LogP contribution in [0.15, 0.2) is 0 Å². The fourth-order valence-electron chi connectivity index (χ4n) is 0.665. The van der Waals surface area contributed by atoms with Crippen molar-refractivity contribution < 1.29 is 13.6 Å². The van der Waals surface area contributed by atoms with Gasteiger partial charge in [0.1, 0.15) is 0 Å². The second-order valence-electron chi connectivity index (χ2n) is 3.55. The highest BCUT2D eigenvalue weighted by molar-refractivity contribution is 7.33. The Bertz CT molecular complexity index is 149. The van der Waals surface area contributed by atoms with Crippen LogP contribution in [0.3, 0.4) is 0 Å². The molecule has 0 heterocycles. The van der Waals surface area contributed by atoms with Crippen molar-refractivity contribution in [2.45, 2.75) is 0 Å². The Morgan fingerprint density at radius 2 is 1.29 bits per heavy atom. The van der Waals surface area contributed by atoms with E-state index < -0.39 is 8.25 Å². The van der Waals surface area contributed by atoms with Crippen LogP contribution in [0, 0.1) is 0 Å². The van der Waals surface area contributed by atoms with Crippen molar-refractivity contribution >= 4 is 8.25 Å². The highest BCUT2D eigenvalue weighted by Crippen LogP contribution is 2.22. The molecule has 0 saturated heterocycles. The van der Waals surface area contributed by atoms with Crippen LogP contribution in [-0.4, -0.2) is 64.3 Å². The molecular formula is C8H21N2O3P. The molecular weight excluding hydrogens is 203 g/mol. The molecule has 0 aliphatic rings. The molecule has 0 fully saturated rings. The van der Waals surface area contributed by atoms with Crippen molar-refractivity contribution in [2.75, 3.05) is 54.5 Å². The lowest BCUT2D eigenvalue weighted by Crippen LogP contribution is -2.18. The molecule has 0 unspecified atom stereocenters. The molecule has 5 nitrogen and oxygen atoms in total. The van der Waals surface area contributed by atoms with E-state index in [0.717, 1.165) is 13.1 Å². The van der Waals surface area contributed by atoms with Crippen molar-refractivity contribution in [1.29, 1.82) is 0 Å². The Balaban J connectivity index is 3.28. The Hall–Kier alpha value is 0.0700. The summed E-state index contributed by atoms with van der Waals surface area (Å²) >= 11 is 0. The molecule has 14 heavy (non-hydrogen) atoms. The minimum Gasteiger partial charge on any atom is -0.309 e. The van der Waals surface area contributed by atoms with Gasteiger partial charge >= 0.3 is 8.25 Å². The standard InChI is InChI=1S/C8H21N2O3P/c1-9(2)5-7-12-14(11)13-8-6-10(3)4/h14H,5-8H2,1-4H3. The van der Waals surface area contributed by atoms with Gasteiger partial charge in [-0.25, -0.2) is 0 Å². The van der Waals surface area contributed by atoms with E-state index in [1.54, 1.807) is 0 Å². The molecule has 0 rings (SSSR count). The molecule has 0 atom stereocenters. The first-order chi connectivity index (χ1) is 6.52. The summed E-state index contributed by atoms with van der Waals surface area (Å²) < 4.78 is 21.1. The van der Waals surface area contributed by atoms with Crippen LogP contribution in [0.4, 0.5) is 0 Å². The van der Waals surface area contributed by atoms with E-state index in [2.05, 4.69) is 0 Å². The van der Waals surface area contributed by atoms with Crippen LogP contribution in [0.1, 0.15) is 0 Å². The number of likely N-dealkylation sites (N-methyl/N-ethyl adjacent to an activating group) is 2. The average Bonchev–Trinajstić information content (AvgIpc) is 2.02. The third kappa shape index (κ3) is 10.2. The van der Waals surface area contributed by atoms with Gasteiger partial charge in [0.2, 0.25) is 0 Å². The Kier molecular flexibility index (Phi) is 8.43. The van der Waals surface area contributed by atoms with Gasteiger partial charge in [-0.2, -0.15) is 0 Å². The van der Waals surface area contributed by atoms with Crippen molar-refractivity contribution in [1.82, 2.24) is 9.80 Å². The molecule has 0 aromatic heterocycles. The summed E-state index contributed by atoms with van der Waals surface area (Å²) in [6.45, 7) is 2.42. The van der Waals surface area contributed by atoms with Crippen LogP contribution in [0.5, 0.6) is 0 Å². The number of rotatable bonds is 8. The summed E-state index contributed by atoms with van der Waals surface area (Å²) in [6.07, 6.45) is 0. The number of hydrogen-bond acceptors (Lipinski definition) is 5. The first-order valence-electron chi connectivity index (χ1n) is 4.61. The summed E-state index contributed by atoms with van der Waals surface area (Å²) in [5.74, 6) is 0. The van der Waals surface area contributed by atoms with Crippen LogP contribution in [0.25, 0.3) is 0 Å². The predicted molar refractivity (Wildman–Crippen MR) is 58.0 cm³/mol. The second-order valence-corrected chi connectivity index (χ2v) is 4.63. The molecule has 0 aromatic rings. The maximum absolute atomic E-state index is 11.1. The maximum Gasteiger partial charge on any atom is 0.319 e.